The Balaban J connectivity index is 2.19. The van der Waals surface area contributed by atoms with Crippen LogP contribution in [0.2, 0.25) is 0 Å². The van der Waals surface area contributed by atoms with Crippen molar-refractivity contribution in [1.82, 2.24) is 4.98 Å². The van der Waals surface area contributed by atoms with E-state index in [2.05, 4.69) is 4.98 Å². The number of carbonyl (C=O) groups excluding carboxylic acids is 1. The number of hydrogen-bond donors (Lipinski definition) is 0. The number of nitrogens with zero attached hydrogens (tertiary/aromatic N) is 1. The number of pyridine rings is 1. The second kappa shape index (κ2) is 6.67. The smallest absolute Gasteiger partial charge is 0.340 e. The van der Waals surface area contributed by atoms with Crippen molar-refractivity contribution in [3.63, 3.8) is 0 Å². The van der Waals surface area contributed by atoms with Gasteiger partial charge in [-0.25, -0.2) is 9.78 Å². The predicted octanol–water partition coefficient (Wildman–Crippen LogP) is 4.22. The van der Waals surface area contributed by atoms with Gasteiger partial charge in [-0.3, -0.25) is 4.79 Å². The fourth-order valence-electron chi connectivity index (χ4n) is 2.92. The first-order valence-electron chi connectivity index (χ1n) is 8.45. The maximum absolute atomic E-state index is 12.9. The van der Waals surface area contributed by atoms with E-state index in [0.717, 1.165) is 24.0 Å². The fourth-order valence-corrected chi connectivity index (χ4v) is 2.92. The zero-order chi connectivity index (χ0) is 18.1. The minimum absolute atomic E-state index is 0.182. The van der Waals surface area contributed by atoms with E-state index in [1.54, 1.807) is 13.0 Å². The molecular formula is C20H21NO4. The minimum atomic E-state index is -0.458. The number of carbonyl (C=O) groups is 1. The molecule has 0 N–H and O–H groups in total. The summed E-state index contributed by atoms with van der Waals surface area (Å²) in [5, 5.41) is 0.798. The molecule has 2 aromatic heterocycles. The van der Waals surface area contributed by atoms with E-state index < -0.39 is 5.97 Å². The second-order valence-electron chi connectivity index (χ2n) is 6.35. The topological polar surface area (TPSA) is 69.4 Å². The van der Waals surface area contributed by atoms with Crippen molar-refractivity contribution in [2.24, 2.45) is 0 Å². The summed E-state index contributed by atoms with van der Waals surface area (Å²) in [4.78, 5) is 29.5. The number of hydrogen-bond acceptors (Lipinski definition) is 5. The molecule has 0 saturated carbocycles. The summed E-state index contributed by atoms with van der Waals surface area (Å²) in [6.45, 7) is 7.92. The average Bonchev–Trinajstić information content (AvgIpc) is 2.56. The molecule has 0 bridgehead atoms. The van der Waals surface area contributed by atoms with Gasteiger partial charge in [0.15, 0.2) is 0 Å². The van der Waals surface area contributed by atoms with Crippen LogP contribution in [0.4, 0.5) is 0 Å². The average molecular weight is 339 g/mol. The summed E-state index contributed by atoms with van der Waals surface area (Å²) in [6.07, 6.45) is 1.74. The molecule has 1 aromatic carbocycles. The number of aromatic nitrogens is 1. The number of aryl methyl sites for hydroxylation is 3. The van der Waals surface area contributed by atoms with Gasteiger partial charge in [0, 0.05) is 0 Å². The normalized spacial score (nSPS) is 11.2. The van der Waals surface area contributed by atoms with E-state index in [1.165, 1.54) is 6.07 Å². The number of rotatable bonds is 4. The van der Waals surface area contributed by atoms with E-state index in [0.29, 0.717) is 34.2 Å². The van der Waals surface area contributed by atoms with Crippen LogP contribution in [0.15, 0.2) is 27.4 Å². The van der Waals surface area contributed by atoms with Crippen LogP contribution < -0.4 is 5.43 Å². The number of ether oxygens (including phenoxy) is 1. The highest BCUT2D eigenvalue weighted by Gasteiger charge is 2.17. The van der Waals surface area contributed by atoms with Crippen molar-refractivity contribution in [3.8, 4) is 0 Å². The molecule has 0 saturated heterocycles. The third kappa shape index (κ3) is 3.14. The van der Waals surface area contributed by atoms with E-state index in [1.807, 2.05) is 26.8 Å². The number of esters is 1. The predicted molar refractivity (Wildman–Crippen MR) is 97.2 cm³/mol. The van der Waals surface area contributed by atoms with Gasteiger partial charge in [-0.05, 0) is 50.5 Å². The van der Waals surface area contributed by atoms with E-state index in [9.17, 15) is 9.59 Å². The molecule has 0 aliphatic heterocycles. The zero-order valence-electron chi connectivity index (χ0n) is 14.9. The second-order valence-corrected chi connectivity index (χ2v) is 6.35. The quantitative estimate of drug-likeness (QED) is 0.404. The molecule has 0 spiro atoms. The molecule has 130 valence electrons. The summed E-state index contributed by atoms with van der Waals surface area (Å²) in [6, 6.07) is 5.30. The van der Waals surface area contributed by atoms with Crippen LogP contribution in [-0.2, 0) is 4.74 Å². The number of unbranched alkanes of at least 4 members (excludes halogenated alkanes) is 1. The molecule has 0 atom stereocenters. The maximum Gasteiger partial charge on any atom is 0.340 e. The highest BCUT2D eigenvalue weighted by Crippen LogP contribution is 2.23. The molecule has 5 nitrogen and oxygen atoms in total. The largest absolute Gasteiger partial charge is 0.462 e. The Hall–Kier alpha value is -2.69. The van der Waals surface area contributed by atoms with E-state index in [4.69, 9.17) is 9.15 Å². The van der Waals surface area contributed by atoms with Crippen LogP contribution in [0.5, 0.6) is 0 Å². The monoisotopic (exact) mass is 339 g/mol. The molecule has 3 rings (SSSR count). The van der Waals surface area contributed by atoms with Gasteiger partial charge in [-0.1, -0.05) is 19.4 Å². The summed E-state index contributed by atoms with van der Waals surface area (Å²) < 4.78 is 11.1. The Kier molecular flexibility index (Phi) is 4.57. The van der Waals surface area contributed by atoms with E-state index in [-0.39, 0.29) is 11.1 Å². The van der Waals surface area contributed by atoms with Gasteiger partial charge < -0.3 is 9.15 Å². The molecule has 0 radical (unpaired) electrons. The molecule has 0 fully saturated rings. The molecule has 3 aromatic rings. The van der Waals surface area contributed by atoms with Gasteiger partial charge in [0.1, 0.15) is 5.58 Å². The highest BCUT2D eigenvalue weighted by atomic mass is 16.5. The summed E-state index contributed by atoms with van der Waals surface area (Å²) in [5.41, 5.74) is 3.26. The molecule has 0 aliphatic carbocycles. The van der Waals surface area contributed by atoms with Gasteiger partial charge in [-0.2, -0.15) is 0 Å². The lowest BCUT2D eigenvalue weighted by atomic mass is 10.1. The maximum atomic E-state index is 12.9. The molecule has 0 amide bonds. The third-order valence-corrected chi connectivity index (χ3v) is 4.24. The first-order chi connectivity index (χ1) is 11.9. The standard InChI is InChI=1S/C20H21NO4/c1-5-6-7-24-20(23)14-10-16-17(22)15-9-11(2)8-12(3)18(15)25-19(16)21-13(14)4/h8-10H,5-7H2,1-4H3. The SMILES string of the molecule is CCCCOC(=O)c1cc2c(=O)c3cc(C)cc(C)c3oc2nc1C. The van der Waals surface area contributed by atoms with Crippen molar-refractivity contribution in [2.75, 3.05) is 6.61 Å². The Morgan fingerprint density at radius 1 is 1.16 bits per heavy atom. The van der Waals surface area contributed by atoms with Gasteiger partial charge in [0.25, 0.3) is 0 Å². The van der Waals surface area contributed by atoms with Crippen LogP contribution in [0.1, 0.15) is 46.9 Å². The first kappa shape index (κ1) is 17.1. The Morgan fingerprint density at radius 3 is 2.64 bits per heavy atom. The Labute approximate surface area is 145 Å². The van der Waals surface area contributed by atoms with Gasteiger partial charge >= 0.3 is 5.97 Å². The Bertz CT molecular complexity index is 1030. The lowest BCUT2D eigenvalue weighted by Gasteiger charge is -2.09. The minimum Gasteiger partial charge on any atom is -0.462 e. The molecule has 5 heteroatoms. The van der Waals surface area contributed by atoms with Crippen LogP contribution in [-0.4, -0.2) is 17.6 Å². The van der Waals surface area contributed by atoms with Gasteiger partial charge in [-0.15, -0.1) is 0 Å². The summed E-state index contributed by atoms with van der Waals surface area (Å²) >= 11 is 0. The van der Waals surface area contributed by atoms with Crippen molar-refractivity contribution in [3.05, 3.63) is 50.8 Å². The van der Waals surface area contributed by atoms with Gasteiger partial charge in [0.2, 0.25) is 11.1 Å². The number of benzene rings is 1. The lowest BCUT2D eigenvalue weighted by molar-refractivity contribution is 0.0498. The lowest BCUT2D eigenvalue weighted by Crippen LogP contribution is -2.12. The van der Waals surface area contributed by atoms with Crippen molar-refractivity contribution in [1.29, 1.82) is 0 Å². The summed E-state index contributed by atoms with van der Waals surface area (Å²) in [7, 11) is 0. The molecule has 0 aliphatic rings. The third-order valence-electron chi connectivity index (χ3n) is 4.24. The summed E-state index contributed by atoms with van der Waals surface area (Å²) in [5.74, 6) is -0.458. The van der Waals surface area contributed by atoms with Crippen LogP contribution >= 0.6 is 0 Å². The van der Waals surface area contributed by atoms with E-state index >= 15 is 0 Å². The number of fused-ring (bicyclic) bond motifs is 2. The molecular weight excluding hydrogens is 318 g/mol. The van der Waals surface area contributed by atoms with Crippen LogP contribution in [0.3, 0.4) is 0 Å². The van der Waals surface area contributed by atoms with Crippen LogP contribution in [0, 0.1) is 20.8 Å². The van der Waals surface area contributed by atoms with Crippen molar-refractivity contribution >= 4 is 28.0 Å². The first-order valence-corrected chi connectivity index (χ1v) is 8.45. The zero-order valence-corrected chi connectivity index (χ0v) is 14.9. The van der Waals surface area contributed by atoms with Crippen molar-refractivity contribution < 1.29 is 13.9 Å². The van der Waals surface area contributed by atoms with Crippen LogP contribution in [0.25, 0.3) is 22.1 Å². The van der Waals surface area contributed by atoms with Crippen molar-refractivity contribution in [2.45, 2.75) is 40.5 Å². The van der Waals surface area contributed by atoms with Gasteiger partial charge in [0.05, 0.1) is 28.6 Å². The molecule has 25 heavy (non-hydrogen) atoms. The molecule has 0 unspecified atom stereocenters. The highest BCUT2D eigenvalue weighted by molar-refractivity contribution is 5.96. The fraction of sp³-hybridized carbons (Fsp3) is 0.350. The molecule has 2 heterocycles. The Morgan fingerprint density at radius 2 is 1.92 bits per heavy atom.